The van der Waals surface area contributed by atoms with Crippen LogP contribution in [0.3, 0.4) is 0 Å². The second kappa shape index (κ2) is 5.77. The predicted molar refractivity (Wildman–Crippen MR) is 74.0 cm³/mol. The molecule has 1 aromatic rings. The largest absolute Gasteiger partial charge is 0.325 e. The molecule has 1 amide bonds. The molecule has 1 rings (SSSR count). The van der Waals surface area contributed by atoms with E-state index in [-0.39, 0.29) is 22.5 Å². The van der Waals surface area contributed by atoms with Crippen LogP contribution < -0.4 is 10.0 Å². The lowest BCUT2D eigenvalue weighted by atomic mass is 10.2. The number of hydrogen-bond donors (Lipinski definition) is 2. The number of carbonyl (C=O) groups excluding carboxylic acids is 1. The van der Waals surface area contributed by atoms with Crippen LogP contribution in [0.25, 0.3) is 0 Å². The maximum Gasteiger partial charge on any atom is 0.239 e. The molecule has 1 aromatic carbocycles. The van der Waals surface area contributed by atoms with Gasteiger partial charge in [0.2, 0.25) is 15.9 Å². The van der Waals surface area contributed by atoms with Crippen molar-refractivity contribution in [1.82, 2.24) is 0 Å². The minimum absolute atomic E-state index is 0.166. The number of anilines is 2. The predicted octanol–water partition coefficient (Wildman–Crippen LogP) is 2.20. The Kier molecular flexibility index (Phi) is 4.84. The molecule has 0 saturated carbocycles. The Morgan fingerprint density at radius 3 is 2.39 bits per heavy atom. The fourth-order valence-corrected chi connectivity index (χ4v) is 2.19. The second-order valence-electron chi connectivity index (χ2n) is 3.66. The van der Waals surface area contributed by atoms with Gasteiger partial charge in [0.15, 0.2) is 0 Å². The van der Waals surface area contributed by atoms with Crippen molar-refractivity contribution < 1.29 is 13.2 Å². The zero-order chi connectivity index (χ0) is 13.9. The molecule has 0 saturated heterocycles. The molecule has 0 bridgehead atoms. The molecule has 100 valence electrons. The number of halogens is 2. The number of benzene rings is 1. The summed E-state index contributed by atoms with van der Waals surface area (Å²) in [5.41, 5.74) is 1.31. The van der Waals surface area contributed by atoms with Crippen molar-refractivity contribution in [3.05, 3.63) is 22.7 Å². The zero-order valence-electron chi connectivity index (χ0n) is 9.75. The smallest absolute Gasteiger partial charge is 0.239 e. The number of sulfonamides is 1. The average molecular weight is 311 g/mol. The highest BCUT2D eigenvalue weighted by atomic mass is 35.5. The molecule has 18 heavy (non-hydrogen) atoms. The minimum atomic E-state index is -3.40. The van der Waals surface area contributed by atoms with Gasteiger partial charge in [0.25, 0.3) is 0 Å². The van der Waals surface area contributed by atoms with Crippen LogP contribution in [0.1, 0.15) is 5.56 Å². The molecule has 0 heterocycles. The summed E-state index contributed by atoms with van der Waals surface area (Å²) in [6.45, 7) is 1.67. The fraction of sp³-hybridized carbons (Fsp3) is 0.300. The van der Waals surface area contributed by atoms with Crippen LogP contribution in [-0.2, 0) is 14.8 Å². The quantitative estimate of drug-likeness (QED) is 0.837. The van der Waals surface area contributed by atoms with Gasteiger partial charge in [0.05, 0.1) is 17.0 Å². The Hall–Kier alpha value is -0.980. The molecule has 2 N–H and O–H groups in total. The van der Waals surface area contributed by atoms with E-state index in [0.717, 1.165) is 6.26 Å². The molecule has 0 aliphatic heterocycles. The summed E-state index contributed by atoms with van der Waals surface area (Å²) in [6.07, 6.45) is 1.03. The van der Waals surface area contributed by atoms with Crippen molar-refractivity contribution in [2.24, 2.45) is 0 Å². The van der Waals surface area contributed by atoms with Crippen LogP contribution in [0, 0.1) is 6.92 Å². The lowest BCUT2D eigenvalue weighted by molar-refractivity contribution is -0.113. The Balaban J connectivity index is 3.09. The van der Waals surface area contributed by atoms with Crippen LogP contribution in [0.4, 0.5) is 11.4 Å². The summed E-state index contributed by atoms with van der Waals surface area (Å²) in [5, 5.41) is 2.79. The van der Waals surface area contributed by atoms with Crippen LogP contribution in [0.2, 0.25) is 5.02 Å². The number of nitrogens with one attached hydrogen (secondary N) is 2. The molecule has 5 nitrogen and oxygen atoms in total. The lowest BCUT2D eigenvalue weighted by Crippen LogP contribution is -2.14. The summed E-state index contributed by atoms with van der Waals surface area (Å²) >= 11 is 11.4. The highest BCUT2D eigenvalue weighted by molar-refractivity contribution is 7.92. The van der Waals surface area contributed by atoms with Crippen molar-refractivity contribution >= 4 is 50.5 Å². The first kappa shape index (κ1) is 15.1. The summed E-state index contributed by atoms with van der Waals surface area (Å²) in [6, 6.07) is 3.03. The Morgan fingerprint density at radius 2 is 1.89 bits per heavy atom. The molecule has 0 aliphatic carbocycles. The molecule has 0 fully saturated rings. The van der Waals surface area contributed by atoms with Gasteiger partial charge in [0, 0.05) is 5.69 Å². The molecule has 0 aromatic heterocycles. The van der Waals surface area contributed by atoms with E-state index in [1.165, 1.54) is 6.07 Å². The second-order valence-corrected chi connectivity index (χ2v) is 6.05. The molecule has 8 heteroatoms. The molecule has 0 spiro atoms. The van der Waals surface area contributed by atoms with Gasteiger partial charge in [-0.05, 0) is 24.6 Å². The normalized spacial score (nSPS) is 11.1. The van der Waals surface area contributed by atoms with E-state index < -0.39 is 10.0 Å². The molecule has 0 aliphatic rings. The van der Waals surface area contributed by atoms with E-state index in [1.807, 2.05) is 0 Å². The highest BCUT2D eigenvalue weighted by Gasteiger charge is 2.12. The topological polar surface area (TPSA) is 75.3 Å². The van der Waals surface area contributed by atoms with Gasteiger partial charge in [-0.3, -0.25) is 9.52 Å². The van der Waals surface area contributed by atoms with Crippen molar-refractivity contribution in [2.75, 3.05) is 22.2 Å². The summed E-state index contributed by atoms with van der Waals surface area (Å²) < 4.78 is 24.5. The van der Waals surface area contributed by atoms with Gasteiger partial charge in [-0.1, -0.05) is 11.6 Å². The molecule has 0 unspecified atom stereocenters. The Bertz CT molecular complexity index is 573. The van der Waals surface area contributed by atoms with Crippen LogP contribution in [0.15, 0.2) is 12.1 Å². The first-order valence-corrected chi connectivity index (χ1v) is 7.67. The first-order chi connectivity index (χ1) is 8.24. The zero-order valence-corrected chi connectivity index (χ0v) is 12.1. The van der Waals surface area contributed by atoms with Crippen LogP contribution in [0.5, 0.6) is 0 Å². The van der Waals surface area contributed by atoms with E-state index in [2.05, 4.69) is 10.0 Å². The SMILES string of the molecule is Cc1c(NC(=O)CCl)ccc(NS(C)(=O)=O)c1Cl. The number of amides is 1. The number of hydrogen-bond acceptors (Lipinski definition) is 3. The lowest BCUT2D eigenvalue weighted by Gasteiger charge is -2.13. The summed E-state index contributed by atoms with van der Waals surface area (Å²) in [7, 11) is -3.40. The third-order valence-corrected chi connectivity index (χ3v) is 3.40. The van der Waals surface area contributed by atoms with Gasteiger partial charge in [-0.25, -0.2) is 8.42 Å². The van der Waals surface area contributed by atoms with E-state index in [1.54, 1.807) is 13.0 Å². The standard InChI is InChI=1S/C10H12Cl2N2O3S/c1-6-7(13-9(15)5-11)3-4-8(10(6)12)14-18(2,16)17/h3-4,14H,5H2,1-2H3,(H,13,15). The minimum Gasteiger partial charge on any atom is -0.325 e. The van der Waals surface area contributed by atoms with Gasteiger partial charge < -0.3 is 5.32 Å². The Morgan fingerprint density at radius 1 is 1.33 bits per heavy atom. The third-order valence-electron chi connectivity index (χ3n) is 2.08. The van der Waals surface area contributed by atoms with Crippen molar-refractivity contribution in [3.63, 3.8) is 0 Å². The van der Waals surface area contributed by atoms with E-state index >= 15 is 0 Å². The monoisotopic (exact) mass is 310 g/mol. The Labute approximate surface area is 116 Å². The molecular weight excluding hydrogens is 299 g/mol. The van der Waals surface area contributed by atoms with Gasteiger partial charge in [-0.2, -0.15) is 0 Å². The molecule has 0 atom stereocenters. The van der Waals surface area contributed by atoms with Crippen molar-refractivity contribution in [2.45, 2.75) is 6.92 Å². The number of carbonyl (C=O) groups is 1. The first-order valence-electron chi connectivity index (χ1n) is 4.87. The van der Waals surface area contributed by atoms with Crippen LogP contribution in [-0.4, -0.2) is 26.5 Å². The van der Waals surface area contributed by atoms with Gasteiger partial charge in [-0.15, -0.1) is 11.6 Å². The number of rotatable bonds is 4. The highest BCUT2D eigenvalue weighted by Crippen LogP contribution is 2.31. The fourth-order valence-electron chi connectivity index (χ4n) is 1.28. The maximum atomic E-state index is 11.2. The number of alkyl halides is 1. The van der Waals surface area contributed by atoms with Gasteiger partial charge in [0.1, 0.15) is 5.88 Å². The maximum absolute atomic E-state index is 11.2. The molecule has 0 radical (unpaired) electrons. The van der Waals surface area contributed by atoms with E-state index in [4.69, 9.17) is 23.2 Å². The summed E-state index contributed by atoms with van der Waals surface area (Å²) in [4.78, 5) is 11.2. The summed E-state index contributed by atoms with van der Waals surface area (Å²) in [5.74, 6) is -0.528. The van der Waals surface area contributed by atoms with Gasteiger partial charge >= 0.3 is 0 Å². The van der Waals surface area contributed by atoms with E-state index in [9.17, 15) is 13.2 Å². The average Bonchev–Trinajstić information content (AvgIpc) is 2.27. The van der Waals surface area contributed by atoms with Crippen molar-refractivity contribution in [1.29, 1.82) is 0 Å². The van der Waals surface area contributed by atoms with Crippen LogP contribution >= 0.6 is 23.2 Å². The molecular formula is C10H12Cl2N2O3S. The van der Waals surface area contributed by atoms with Crippen molar-refractivity contribution in [3.8, 4) is 0 Å². The van der Waals surface area contributed by atoms with E-state index in [0.29, 0.717) is 11.3 Å². The third kappa shape index (κ3) is 4.04.